The number of aliphatic hydroxyl groups excluding tert-OH is 1. The fraction of sp³-hybridized carbons (Fsp3) is 0.480. The lowest BCUT2D eigenvalue weighted by Crippen LogP contribution is -2.30. The van der Waals surface area contributed by atoms with Crippen molar-refractivity contribution in [3.05, 3.63) is 58.8 Å². The molecular formula is C25H31N5O3. The Hall–Kier alpha value is -2.97. The van der Waals surface area contributed by atoms with Crippen molar-refractivity contribution >= 4 is 5.95 Å². The summed E-state index contributed by atoms with van der Waals surface area (Å²) in [7, 11) is 0. The minimum absolute atomic E-state index is 0.0584. The normalized spacial score (nSPS) is 21.8. The van der Waals surface area contributed by atoms with Gasteiger partial charge in [0, 0.05) is 37.7 Å². The van der Waals surface area contributed by atoms with Gasteiger partial charge in [-0.2, -0.15) is 0 Å². The Morgan fingerprint density at radius 2 is 1.88 bits per heavy atom. The zero-order valence-corrected chi connectivity index (χ0v) is 19.0. The van der Waals surface area contributed by atoms with E-state index in [-0.39, 0.29) is 23.9 Å². The third-order valence-electron chi connectivity index (χ3n) is 6.71. The maximum Gasteiger partial charge on any atom is 0.333 e. The SMILES string of the molecule is Cc1cccc(-n2c(-c3ccnc(NC4CCC(O)CC4)n3)cn(C3CCOCC3)c2=O)c1. The van der Waals surface area contributed by atoms with Crippen molar-refractivity contribution in [3.63, 3.8) is 0 Å². The molecule has 1 saturated heterocycles. The van der Waals surface area contributed by atoms with Crippen molar-refractivity contribution in [3.8, 4) is 17.1 Å². The highest BCUT2D eigenvalue weighted by Crippen LogP contribution is 2.27. The highest BCUT2D eigenvalue weighted by Gasteiger charge is 2.24. The third-order valence-corrected chi connectivity index (χ3v) is 6.71. The average Bonchev–Trinajstić information content (AvgIpc) is 3.18. The standard InChI is InChI=1S/C25H31N5O3/c1-17-3-2-4-20(15-17)30-23(16-29(25(30)32)19-10-13-33-14-11-19)22-9-12-26-24(28-22)27-18-5-7-21(31)8-6-18/h2-4,9,12,15-16,18-19,21,31H,5-8,10-11,13-14H2,1H3,(H,26,27,28). The van der Waals surface area contributed by atoms with Crippen LogP contribution in [-0.2, 0) is 4.74 Å². The first-order valence-electron chi connectivity index (χ1n) is 11.8. The number of aryl methyl sites for hydroxylation is 1. The Labute approximate surface area is 193 Å². The number of nitrogens with one attached hydrogen (secondary N) is 1. The number of nitrogens with zero attached hydrogens (tertiary/aromatic N) is 4. The van der Waals surface area contributed by atoms with E-state index in [0.717, 1.165) is 55.5 Å². The summed E-state index contributed by atoms with van der Waals surface area (Å²) in [4.78, 5) is 22.8. The molecule has 0 spiro atoms. The molecule has 2 aromatic heterocycles. The molecule has 2 aliphatic rings. The van der Waals surface area contributed by atoms with Gasteiger partial charge in [0.15, 0.2) is 0 Å². The molecular weight excluding hydrogens is 418 g/mol. The van der Waals surface area contributed by atoms with Crippen LogP contribution in [0.15, 0.2) is 47.5 Å². The van der Waals surface area contributed by atoms with Gasteiger partial charge in [-0.05, 0) is 69.2 Å². The first-order valence-corrected chi connectivity index (χ1v) is 11.8. The number of hydrogen-bond acceptors (Lipinski definition) is 6. The van der Waals surface area contributed by atoms with E-state index in [9.17, 15) is 9.90 Å². The molecule has 0 unspecified atom stereocenters. The molecule has 3 aromatic rings. The van der Waals surface area contributed by atoms with E-state index in [1.54, 1.807) is 10.8 Å². The number of imidazole rings is 1. The van der Waals surface area contributed by atoms with Crippen LogP contribution in [0.1, 0.15) is 50.1 Å². The van der Waals surface area contributed by atoms with Crippen molar-refractivity contribution in [1.29, 1.82) is 0 Å². The van der Waals surface area contributed by atoms with Crippen LogP contribution >= 0.6 is 0 Å². The molecule has 1 saturated carbocycles. The van der Waals surface area contributed by atoms with Gasteiger partial charge in [-0.15, -0.1) is 0 Å². The van der Waals surface area contributed by atoms with Gasteiger partial charge in [0.2, 0.25) is 5.95 Å². The molecule has 2 N–H and O–H groups in total. The van der Waals surface area contributed by atoms with Crippen molar-refractivity contribution in [2.45, 2.75) is 63.6 Å². The smallest absolute Gasteiger partial charge is 0.333 e. The van der Waals surface area contributed by atoms with Crippen LogP contribution in [0.25, 0.3) is 17.1 Å². The molecule has 8 nitrogen and oxygen atoms in total. The van der Waals surface area contributed by atoms with E-state index in [2.05, 4.69) is 10.3 Å². The second-order valence-corrected chi connectivity index (χ2v) is 9.14. The maximum atomic E-state index is 13.6. The maximum absolute atomic E-state index is 13.6. The first kappa shape index (κ1) is 21.9. The minimum atomic E-state index is -0.205. The van der Waals surface area contributed by atoms with Gasteiger partial charge in [0.25, 0.3) is 0 Å². The van der Waals surface area contributed by atoms with E-state index in [1.807, 2.05) is 48.0 Å². The zero-order chi connectivity index (χ0) is 22.8. The van der Waals surface area contributed by atoms with E-state index in [1.165, 1.54) is 0 Å². The number of ether oxygens (including phenoxy) is 1. The Bertz CT molecular complexity index is 1160. The molecule has 0 bridgehead atoms. The van der Waals surface area contributed by atoms with Crippen molar-refractivity contribution in [2.75, 3.05) is 18.5 Å². The van der Waals surface area contributed by atoms with Crippen molar-refractivity contribution in [2.24, 2.45) is 0 Å². The fourth-order valence-corrected chi connectivity index (χ4v) is 4.86. The lowest BCUT2D eigenvalue weighted by Gasteiger charge is -2.26. The molecule has 1 aliphatic heterocycles. The molecule has 8 heteroatoms. The summed E-state index contributed by atoms with van der Waals surface area (Å²) in [5, 5.41) is 13.2. The van der Waals surface area contributed by atoms with Crippen LogP contribution in [0, 0.1) is 6.92 Å². The van der Waals surface area contributed by atoms with Crippen molar-refractivity contribution in [1.82, 2.24) is 19.1 Å². The Balaban J connectivity index is 1.53. The molecule has 1 aromatic carbocycles. The number of aromatic nitrogens is 4. The van der Waals surface area contributed by atoms with Crippen LogP contribution in [0.5, 0.6) is 0 Å². The minimum Gasteiger partial charge on any atom is -0.393 e. The summed E-state index contributed by atoms with van der Waals surface area (Å²) in [5.74, 6) is 0.552. The Morgan fingerprint density at radius 1 is 1.09 bits per heavy atom. The van der Waals surface area contributed by atoms with Gasteiger partial charge in [-0.1, -0.05) is 12.1 Å². The van der Waals surface area contributed by atoms with Gasteiger partial charge < -0.3 is 15.2 Å². The Kier molecular flexibility index (Phi) is 6.28. The quantitative estimate of drug-likeness (QED) is 0.619. The lowest BCUT2D eigenvalue weighted by atomic mass is 9.93. The van der Waals surface area contributed by atoms with Crippen LogP contribution in [0.4, 0.5) is 5.95 Å². The predicted molar refractivity (Wildman–Crippen MR) is 127 cm³/mol. The number of benzene rings is 1. The van der Waals surface area contributed by atoms with Crippen LogP contribution < -0.4 is 11.0 Å². The molecule has 3 heterocycles. The number of anilines is 1. The summed E-state index contributed by atoms with van der Waals surface area (Å²) in [5.41, 5.74) is 3.31. The van der Waals surface area contributed by atoms with E-state index >= 15 is 0 Å². The van der Waals surface area contributed by atoms with Crippen LogP contribution in [0.3, 0.4) is 0 Å². The highest BCUT2D eigenvalue weighted by molar-refractivity contribution is 5.59. The van der Waals surface area contributed by atoms with Gasteiger partial charge >= 0.3 is 5.69 Å². The largest absolute Gasteiger partial charge is 0.393 e. The predicted octanol–water partition coefficient (Wildman–Crippen LogP) is 3.47. The molecule has 2 fully saturated rings. The summed E-state index contributed by atoms with van der Waals surface area (Å²) in [6.07, 6.45) is 8.47. The first-order chi connectivity index (χ1) is 16.1. The molecule has 0 radical (unpaired) electrons. The van der Waals surface area contributed by atoms with Gasteiger partial charge in [0.05, 0.1) is 23.2 Å². The Morgan fingerprint density at radius 3 is 2.64 bits per heavy atom. The number of aliphatic hydroxyl groups is 1. The average molecular weight is 450 g/mol. The molecule has 5 rings (SSSR count). The zero-order valence-electron chi connectivity index (χ0n) is 19.0. The molecule has 0 atom stereocenters. The molecule has 0 amide bonds. The summed E-state index contributed by atoms with van der Waals surface area (Å²) < 4.78 is 9.11. The fourth-order valence-electron chi connectivity index (χ4n) is 4.86. The van der Waals surface area contributed by atoms with Gasteiger partial charge in [-0.3, -0.25) is 9.13 Å². The molecule has 1 aliphatic carbocycles. The third kappa shape index (κ3) is 4.72. The highest BCUT2D eigenvalue weighted by atomic mass is 16.5. The summed E-state index contributed by atoms with van der Waals surface area (Å²) in [6, 6.07) is 10.2. The number of hydrogen-bond donors (Lipinski definition) is 2. The van der Waals surface area contributed by atoms with Crippen molar-refractivity contribution < 1.29 is 9.84 Å². The number of rotatable bonds is 5. The van der Waals surface area contributed by atoms with Crippen LogP contribution in [-0.4, -0.2) is 49.6 Å². The van der Waals surface area contributed by atoms with E-state index in [0.29, 0.717) is 24.9 Å². The van der Waals surface area contributed by atoms with E-state index in [4.69, 9.17) is 9.72 Å². The van der Waals surface area contributed by atoms with E-state index < -0.39 is 0 Å². The lowest BCUT2D eigenvalue weighted by molar-refractivity contribution is 0.0686. The monoisotopic (exact) mass is 449 g/mol. The second kappa shape index (κ2) is 9.49. The summed E-state index contributed by atoms with van der Waals surface area (Å²) >= 11 is 0. The molecule has 174 valence electrons. The van der Waals surface area contributed by atoms with Gasteiger partial charge in [-0.25, -0.2) is 14.8 Å². The molecule has 33 heavy (non-hydrogen) atoms. The summed E-state index contributed by atoms with van der Waals surface area (Å²) in [6.45, 7) is 3.36. The second-order valence-electron chi connectivity index (χ2n) is 9.14. The van der Waals surface area contributed by atoms with Gasteiger partial charge in [0.1, 0.15) is 0 Å². The van der Waals surface area contributed by atoms with Crippen LogP contribution in [0.2, 0.25) is 0 Å². The topological polar surface area (TPSA) is 94.2 Å².